The Kier molecular flexibility index (Phi) is 11.5. The van der Waals surface area contributed by atoms with Crippen LogP contribution >= 0.6 is 0 Å². The minimum Gasteiger partial charge on any atom is -0.493 e. The molecule has 2 aliphatic heterocycles. The van der Waals surface area contributed by atoms with E-state index >= 15 is 0 Å². The van der Waals surface area contributed by atoms with Crippen LogP contribution in [0, 0.1) is 5.92 Å². The number of fused-ring (bicyclic) bond motifs is 10. The quantitative estimate of drug-likeness (QED) is 0.401. The lowest BCUT2D eigenvalue weighted by molar-refractivity contribution is -0.158. The first-order valence-corrected chi connectivity index (χ1v) is 15.2. The molecular formula is C34H47N3O8. The van der Waals surface area contributed by atoms with Gasteiger partial charge in [-0.2, -0.15) is 0 Å². The number of benzene rings is 2. The predicted molar refractivity (Wildman–Crippen MR) is 169 cm³/mol. The third kappa shape index (κ3) is 11.3. The summed E-state index contributed by atoms with van der Waals surface area (Å²) < 4.78 is 22.7. The molecule has 2 aliphatic rings. The Morgan fingerprint density at radius 1 is 0.889 bits per heavy atom. The highest BCUT2D eigenvalue weighted by Crippen LogP contribution is 2.33. The maximum Gasteiger partial charge on any atom is 0.408 e. The van der Waals surface area contributed by atoms with Crippen LogP contribution in [0.4, 0.5) is 4.79 Å². The molecule has 3 atom stereocenters. The molecule has 0 saturated carbocycles. The molecule has 0 saturated heterocycles. The number of esters is 1. The highest BCUT2D eigenvalue weighted by molar-refractivity contribution is 5.93. The first-order chi connectivity index (χ1) is 20.9. The van der Waals surface area contributed by atoms with Crippen LogP contribution in [0.1, 0.15) is 72.9 Å². The number of rotatable bonds is 5. The van der Waals surface area contributed by atoms with Gasteiger partial charge in [0.15, 0.2) is 11.5 Å². The number of ether oxygens (including phenoxy) is 4. The summed E-state index contributed by atoms with van der Waals surface area (Å²) in [4.78, 5) is 53.6. The van der Waals surface area contributed by atoms with E-state index in [9.17, 15) is 19.2 Å². The van der Waals surface area contributed by atoms with Crippen molar-refractivity contribution in [3.8, 4) is 17.2 Å². The van der Waals surface area contributed by atoms with Crippen LogP contribution in [-0.2, 0) is 36.7 Å². The predicted octanol–water partition coefficient (Wildman–Crippen LogP) is 4.84. The van der Waals surface area contributed by atoms with E-state index in [2.05, 4.69) is 16.0 Å². The molecule has 3 amide bonds. The van der Waals surface area contributed by atoms with Gasteiger partial charge >= 0.3 is 12.1 Å². The van der Waals surface area contributed by atoms with Crippen LogP contribution in [0.15, 0.2) is 42.5 Å². The van der Waals surface area contributed by atoms with Gasteiger partial charge in [-0.1, -0.05) is 32.0 Å². The summed E-state index contributed by atoms with van der Waals surface area (Å²) in [5, 5.41) is 8.29. The van der Waals surface area contributed by atoms with Gasteiger partial charge in [0.2, 0.25) is 11.8 Å². The first-order valence-electron chi connectivity index (χ1n) is 15.2. The topological polar surface area (TPSA) is 141 Å². The highest BCUT2D eigenvalue weighted by atomic mass is 16.6. The second-order valence-electron chi connectivity index (χ2n) is 13.6. The summed E-state index contributed by atoms with van der Waals surface area (Å²) in [6.07, 6.45) is -0.299. The maximum absolute atomic E-state index is 13.8. The van der Waals surface area contributed by atoms with Gasteiger partial charge in [0.05, 0.1) is 7.11 Å². The molecule has 0 aliphatic carbocycles. The van der Waals surface area contributed by atoms with E-state index in [1.54, 1.807) is 84.0 Å². The molecule has 0 spiro atoms. The maximum atomic E-state index is 13.8. The molecule has 2 heterocycles. The molecule has 11 nitrogen and oxygen atoms in total. The summed E-state index contributed by atoms with van der Waals surface area (Å²) >= 11 is 0. The number of alkyl carbamates (subject to hydrolysis) is 1. The SMILES string of the molecule is COc1ccc2cc1Oc1ccc(cc1)C[C@@H](C(=O)OC(C)(C)C)NC(=O)[C@H](CC(C)C)NC(=O)[C@@H](NC(=O)OC(C)(C)C)C2. The molecule has 0 fully saturated rings. The Bertz CT molecular complexity index is 1360. The van der Waals surface area contributed by atoms with Crippen molar-refractivity contribution < 1.29 is 38.1 Å². The fourth-order valence-corrected chi connectivity index (χ4v) is 4.69. The Morgan fingerprint density at radius 3 is 2.09 bits per heavy atom. The minimum atomic E-state index is -1.11. The van der Waals surface area contributed by atoms with Crippen molar-refractivity contribution in [2.45, 2.75) is 104 Å². The molecule has 2 aromatic rings. The molecule has 246 valence electrons. The average Bonchev–Trinajstić information content (AvgIpc) is 2.90. The lowest BCUT2D eigenvalue weighted by Crippen LogP contribution is -2.57. The van der Waals surface area contributed by atoms with Gasteiger partial charge in [0, 0.05) is 12.8 Å². The number of hydrogen-bond donors (Lipinski definition) is 3. The fourth-order valence-electron chi connectivity index (χ4n) is 4.69. The second kappa shape index (κ2) is 14.7. The Morgan fingerprint density at radius 2 is 1.51 bits per heavy atom. The number of hydrogen-bond acceptors (Lipinski definition) is 8. The van der Waals surface area contributed by atoms with Crippen LogP contribution in [0.2, 0.25) is 0 Å². The molecule has 0 aromatic heterocycles. The van der Waals surface area contributed by atoms with Crippen molar-refractivity contribution in [3.63, 3.8) is 0 Å². The van der Waals surface area contributed by atoms with Crippen molar-refractivity contribution in [2.24, 2.45) is 5.92 Å². The third-order valence-corrected chi connectivity index (χ3v) is 6.61. The van der Waals surface area contributed by atoms with Gasteiger partial charge in [-0.25, -0.2) is 9.59 Å². The standard InChI is InChI=1S/C34H47N3O8/c1-20(2)16-24-29(38)36-26(31(40)44-33(3,4)5)17-21-10-13-23(14-11-21)43-28-19-22(12-15-27(28)42-9)18-25(30(39)35-24)37-32(41)45-34(6,7)8/h10-15,19-20,24-26H,16-18H2,1-9H3,(H,35,39)(H,36,38)(H,37,41)/t24-,25-,26-/m0/s1. The Hall–Kier alpha value is -4.28. The molecule has 2 aromatic carbocycles. The van der Waals surface area contributed by atoms with Crippen molar-refractivity contribution in [2.75, 3.05) is 7.11 Å². The lowest BCUT2D eigenvalue weighted by Gasteiger charge is -2.28. The van der Waals surface area contributed by atoms with Gasteiger partial charge in [-0.3, -0.25) is 9.59 Å². The van der Waals surface area contributed by atoms with Gasteiger partial charge in [-0.15, -0.1) is 0 Å². The van der Waals surface area contributed by atoms with Crippen LogP contribution in [0.5, 0.6) is 17.2 Å². The van der Waals surface area contributed by atoms with E-state index in [0.29, 0.717) is 22.8 Å². The summed E-state index contributed by atoms with van der Waals surface area (Å²) in [5.41, 5.74) is -0.163. The molecule has 0 unspecified atom stereocenters. The fraction of sp³-hybridized carbons (Fsp3) is 0.529. The van der Waals surface area contributed by atoms with E-state index in [1.807, 2.05) is 13.8 Å². The van der Waals surface area contributed by atoms with E-state index in [-0.39, 0.29) is 25.2 Å². The number of methoxy groups -OCH3 is 1. The monoisotopic (exact) mass is 625 g/mol. The number of amides is 3. The first kappa shape index (κ1) is 35.2. The van der Waals surface area contributed by atoms with Crippen LogP contribution in [0.3, 0.4) is 0 Å². The minimum absolute atomic E-state index is 0.0150. The summed E-state index contributed by atoms with van der Waals surface area (Å²) in [6.45, 7) is 14.3. The van der Waals surface area contributed by atoms with Crippen LogP contribution in [-0.4, -0.2) is 60.3 Å². The van der Waals surface area contributed by atoms with E-state index in [4.69, 9.17) is 18.9 Å². The number of nitrogens with one attached hydrogen (secondary N) is 3. The van der Waals surface area contributed by atoms with Crippen molar-refractivity contribution in [3.05, 3.63) is 53.6 Å². The number of carbonyl (C=O) groups is 4. The highest BCUT2D eigenvalue weighted by Gasteiger charge is 2.33. The van der Waals surface area contributed by atoms with Gasteiger partial charge in [-0.05, 0) is 89.3 Å². The summed E-state index contributed by atoms with van der Waals surface area (Å²) in [5.74, 6) is -0.335. The summed E-state index contributed by atoms with van der Waals surface area (Å²) in [6, 6.07) is 9.20. The number of carbonyl (C=O) groups excluding carboxylic acids is 4. The molecule has 4 rings (SSSR count). The molecular weight excluding hydrogens is 578 g/mol. The lowest BCUT2D eigenvalue weighted by atomic mass is 10.00. The van der Waals surface area contributed by atoms with Crippen LogP contribution < -0.4 is 25.4 Å². The van der Waals surface area contributed by atoms with Gasteiger partial charge in [0.25, 0.3) is 0 Å². The molecule has 3 N–H and O–H groups in total. The Labute approximate surface area is 265 Å². The van der Waals surface area contributed by atoms with E-state index in [1.165, 1.54) is 7.11 Å². The zero-order chi connectivity index (χ0) is 33.5. The van der Waals surface area contributed by atoms with Crippen LogP contribution in [0.25, 0.3) is 0 Å². The Balaban J connectivity index is 2.09. The normalized spacial score (nSPS) is 19.5. The van der Waals surface area contributed by atoms with E-state index < -0.39 is 53.2 Å². The second-order valence-corrected chi connectivity index (χ2v) is 13.6. The largest absolute Gasteiger partial charge is 0.493 e. The smallest absolute Gasteiger partial charge is 0.408 e. The van der Waals surface area contributed by atoms with Crippen molar-refractivity contribution >= 4 is 23.9 Å². The third-order valence-electron chi connectivity index (χ3n) is 6.61. The zero-order valence-corrected chi connectivity index (χ0v) is 27.7. The van der Waals surface area contributed by atoms with Gasteiger partial charge in [0.1, 0.15) is 35.1 Å². The molecule has 11 heteroatoms. The zero-order valence-electron chi connectivity index (χ0n) is 27.7. The van der Waals surface area contributed by atoms with Crippen molar-refractivity contribution in [1.82, 2.24) is 16.0 Å². The molecule has 4 bridgehead atoms. The summed E-state index contributed by atoms with van der Waals surface area (Å²) in [7, 11) is 1.52. The molecule has 0 radical (unpaired) electrons. The average molecular weight is 626 g/mol. The molecule has 45 heavy (non-hydrogen) atoms. The van der Waals surface area contributed by atoms with Crippen molar-refractivity contribution in [1.29, 1.82) is 0 Å². The van der Waals surface area contributed by atoms with Gasteiger partial charge < -0.3 is 34.9 Å². The van der Waals surface area contributed by atoms with E-state index in [0.717, 1.165) is 5.56 Å².